The van der Waals surface area contributed by atoms with Crippen LogP contribution in [0.1, 0.15) is 16.8 Å². The van der Waals surface area contributed by atoms with Gasteiger partial charge >= 0.3 is 0 Å². The smallest absolute Gasteiger partial charge is 0.104 e. The molecule has 2 aromatic rings. The summed E-state index contributed by atoms with van der Waals surface area (Å²) in [6, 6.07) is 0. The molecule has 0 fully saturated rings. The average molecular weight is 297 g/mol. The van der Waals surface area contributed by atoms with Crippen molar-refractivity contribution in [2.45, 2.75) is 20.8 Å². The third-order valence-electron chi connectivity index (χ3n) is 3.41. The number of H-pyrrole nitrogens is 1. The second-order valence-corrected chi connectivity index (χ2v) is 4.62. The standard InChI is InChI=1S/C11H13N4O6/c1-4-8-7(11(15(20)21)6(3)12-8)10(14(18)19)5(2)9(4)13(16)17/h12,16-18H,1-3H3/q-3. The van der Waals surface area contributed by atoms with E-state index < -0.39 is 16.1 Å². The fourth-order valence-electron chi connectivity index (χ4n) is 2.59. The van der Waals surface area contributed by atoms with Gasteiger partial charge in [-0.05, 0) is 20.8 Å². The van der Waals surface area contributed by atoms with E-state index in [1.165, 1.54) is 20.8 Å². The lowest BCUT2D eigenvalue weighted by Crippen LogP contribution is -2.18. The minimum atomic E-state index is -0.671. The first-order valence-corrected chi connectivity index (χ1v) is 5.82. The molecule has 0 spiro atoms. The Hall–Kier alpha value is -2.08. The number of nitrogens with one attached hydrogen (secondary N) is 1. The van der Waals surface area contributed by atoms with Crippen LogP contribution in [0, 0.1) is 36.4 Å². The number of hydrogen-bond acceptors (Lipinski definition) is 9. The van der Waals surface area contributed by atoms with E-state index in [4.69, 9.17) is 0 Å². The topological polar surface area (TPSA) is 155 Å². The maximum Gasteiger partial charge on any atom is 0.104 e. The molecule has 10 nitrogen and oxygen atoms in total. The molecule has 21 heavy (non-hydrogen) atoms. The Morgan fingerprint density at radius 2 is 1.43 bits per heavy atom. The van der Waals surface area contributed by atoms with Gasteiger partial charge in [-0.3, -0.25) is 15.6 Å². The van der Waals surface area contributed by atoms with E-state index in [2.05, 4.69) is 4.98 Å². The van der Waals surface area contributed by atoms with Gasteiger partial charge in [0, 0.05) is 27.9 Å². The van der Waals surface area contributed by atoms with Crippen molar-refractivity contribution >= 4 is 28.0 Å². The SMILES string of the molecule is Cc1[nH]c2c(C)c(N(O)O)c(C)c(N([O-])O)c2c1N([O-])[O-]. The Morgan fingerprint density at radius 1 is 0.857 bits per heavy atom. The predicted molar refractivity (Wildman–Crippen MR) is 75.4 cm³/mol. The highest BCUT2D eigenvalue weighted by Gasteiger charge is 2.22. The van der Waals surface area contributed by atoms with Gasteiger partial charge in [-0.1, -0.05) is 0 Å². The summed E-state index contributed by atoms with van der Waals surface area (Å²) in [6.45, 7) is 4.28. The largest absolute Gasteiger partial charge is 0.769 e. The van der Waals surface area contributed by atoms with Crippen LogP contribution in [0.25, 0.3) is 10.9 Å². The molecule has 0 atom stereocenters. The third-order valence-corrected chi connectivity index (χ3v) is 3.41. The van der Waals surface area contributed by atoms with Gasteiger partial charge in [0.25, 0.3) is 0 Å². The monoisotopic (exact) mass is 297 g/mol. The van der Waals surface area contributed by atoms with Crippen molar-refractivity contribution in [3.05, 3.63) is 32.4 Å². The molecule has 0 radical (unpaired) electrons. The number of aromatic nitrogens is 1. The molecule has 4 N–H and O–H groups in total. The minimum absolute atomic E-state index is 0.00963. The van der Waals surface area contributed by atoms with Gasteiger partial charge < -0.3 is 31.1 Å². The number of nitrogens with zero attached hydrogens (tertiary/aromatic N) is 3. The van der Waals surface area contributed by atoms with E-state index in [0.29, 0.717) is 0 Å². The molecule has 2 rings (SSSR count). The van der Waals surface area contributed by atoms with Gasteiger partial charge in [-0.25, -0.2) is 0 Å². The normalized spacial score (nSPS) is 11.1. The molecule has 116 valence electrons. The van der Waals surface area contributed by atoms with Crippen LogP contribution in [0.3, 0.4) is 0 Å². The summed E-state index contributed by atoms with van der Waals surface area (Å²) < 4.78 is 0. The number of benzene rings is 1. The molecular weight excluding hydrogens is 284 g/mol. The third kappa shape index (κ3) is 2.15. The van der Waals surface area contributed by atoms with Gasteiger partial charge in [0.1, 0.15) is 5.69 Å². The molecule has 0 aliphatic rings. The fourth-order valence-corrected chi connectivity index (χ4v) is 2.59. The molecule has 0 unspecified atom stereocenters. The summed E-state index contributed by atoms with van der Waals surface area (Å²) in [7, 11) is 0. The lowest BCUT2D eigenvalue weighted by molar-refractivity contribution is 0.0286. The maximum absolute atomic E-state index is 11.4. The number of aryl methyl sites for hydroxylation is 2. The van der Waals surface area contributed by atoms with Crippen molar-refractivity contribution < 1.29 is 15.6 Å². The van der Waals surface area contributed by atoms with E-state index in [-0.39, 0.29) is 44.3 Å². The summed E-state index contributed by atoms with van der Waals surface area (Å²) >= 11 is 0. The van der Waals surface area contributed by atoms with Crippen molar-refractivity contribution in [2.24, 2.45) is 0 Å². The highest BCUT2D eigenvalue weighted by Crippen LogP contribution is 2.44. The summed E-state index contributed by atoms with van der Waals surface area (Å²) in [5, 5.41) is 60.1. The van der Waals surface area contributed by atoms with Crippen LogP contribution in [-0.2, 0) is 0 Å². The van der Waals surface area contributed by atoms with E-state index in [0.717, 1.165) is 0 Å². The van der Waals surface area contributed by atoms with Crippen molar-refractivity contribution in [1.29, 1.82) is 0 Å². The van der Waals surface area contributed by atoms with Crippen LogP contribution in [0.15, 0.2) is 0 Å². The zero-order valence-corrected chi connectivity index (χ0v) is 11.4. The minimum Gasteiger partial charge on any atom is -0.769 e. The molecule has 0 amide bonds. The number of rotatable bonds is 3. The van der Waals surface area contributed by atoms with Gasteiger partial charge in [0.15, 0.2) is 0 Å². The van der Waals surface area contributed by atoms with E-state index >= 15 is 0 Å². The Bertz CT molecular complexity index is 694. The molecule has 1 aromatic carbocycles. The van der Waals surface area contributed by atoms with E-state index in [9.17, 15) is 31.2 Å². The maximum atomic E-state index is 11.4. The van der Waals surface area contributed by atoms with Crippen LogP contribution in [0.4, 0.5) is 17.1 Å². The molecule has 0 aliphatic heterocycles. The highest BCUT2D eigenvalue weighted by molar-refractivity contribution is 6.09. The Labute approximate surface area is 118 Å². The van der Waals surface area contributed by atoms with Crippen LogP contribution in [0.2, 0.25) is 0 Å². The van der Waals surface area contributed by atoms with Gasteiger partial charge in [0.2, 0.25) is 0 Å². The second-order valence-electron chi connectivity index (χ2n) is 4.62. The van der Waals surface area contributed by atoms with Crippen molar-refractivity contribution in [3.8, 4) is 0 Å². The molecule has 0 saturated heterocycles. The Morgan fingerprint density at radius 3 is 1.86 bits per heavy atom. The summed E-state index contributed by atoms with van der Waals surface area (Å²) in [6.07, 6.45) is 0. The average Bonchev–Trinajstić information content (AvgIpc) is 2.65. The molecule has 1 heterocycles. The molecular formula is C11H13N4O6-3. The summed E-state index contributed by atoms with van der Waals surface area (Å²) in [5.74, 6) is 0. The first-order chi connectivity index (χ1) is 9.68. The zero-order chi connectivity index (χ0) is 16.1. The zero-order valence-electron chi connectivity index (χ0n) is 11.4. The van der Waals surface area contributed by atoms with Crippen molar-refractivity contribution in [3.63, 3.8) is 0 Å². The molecule has 1 aromatic heterocycles. The molecule has 0 aliphatic carbocycles. The molecule has 0 saturated carbocycles. The Balaban J connectivity index is 3.06. The molecule has 0 bridgehead atoms. The number of aromatic amines is 1. The quantitative estimate of drug-likeness (QED) is 0.623. The van der Waals surface area contributed by atoms with Crippen LogP contribution < -0.4 is 15.7 Å². The first kappa shape index (κ1) is 15.3. The number of hydrogen-bond donors (Lipinski definition) is 4. The van der Waals surface area contributed by atoms with Gasteiger partial charge in [0.05, 0.1) is 11.2 Å². The van der Waals surface area contributed by atoms with Gasteiger partial charge in [-0.15, -0.1) is 5.23 Å². The van der Waals surface area contributed by atoms with Crippen LogP contribution in [-0.4, -0.2) is 20.6 Å². The molecule has 10 heteroatoms. The lowest BCUT2D eigenvalue weighted by atomic mass is 10.0. The first-order valence-electron chi connectivity index (χ1n) is 5.82. The van der Waals surface area contributed by atoms with Gasteiger partial charge in [-0.2, -0.15) is 0 Å². The highest BCUT2D eigenvalue weighted by atomic mass is 16.8. The van der Waals surface area contributed by atoms with Crippen LogP contribution >= 0.6 is 0 Å². The number of anilines is 3. The van der Waals surface area contributed by atoms with E-state index in [1.54, 1.807) is 0 Å². The number of fused-ring (bicyclic) bond motifs is 1. The lowest BCUT2D eigenvalue weighted by Gasteiger charge is -2.39. The fraction of sp³-hybridized carbons (Fsp3) is 0.273. The van der Waals surface area contributed by atoms with Crippen LogP contribution in [0.5, 0.6) is 0 Å². The predicted octanol–water partition coefficient (Wildman–Crippen LogP) is 2.17. The summed E-state index contributed by atoms with van der Waals surface area (Å²) in [5.41, 5.74) is -0.301. The van der Waals surface area contributed by atoms with Crippen molar-refractivity contribution in [2.75, 3.05) is 15.7 Å². The van der Waals surface area contributed by atoms with E-state index in [1.807, 2.05) is 0 Å². The van der Waals surface area contributed by atoms with Crippen molar-refractivity contribution in [1.82, 2.24) is 4.98 Å². The Kier molecular flexibility index (Phi) is 3.67. The summed E-state index contributed by atoms with van der Waals surface area (Å²) in [4.78, 5) is 2.73. The second kappa shape index (κ2) is 5.04.